The van der Waals surface area contributed by atoms with Crippen molar-refractivity contribution in [3.8, 4) is 0 Å². The van der Waals surface area contributed by atoms with Crippen molar-refractivity contribution in [2.24, 2.45) is 5.73 Å². The number of hydrogen-bond acceptors (Lipinski definition) is 4. The summed E-state index contributed by atoms with van der Waals surface area (Å²) in [5.41, 5.74) is 9.30. The summed E-state index contributed by atoms with van der Waals surface area (Å²) in [7, 11) is 0. The van der Waals surface area contributed by atoms with Gasteiger partial charge in [-0.2, -0.15) is 0 Å². The molecule has 1 aromatic heterocycles. The highest BCUT2D eigenvalue weighted by molar-refractivity contribution is 7.22. The van der Waals surface area contributed by atoms with Crippen molar-refractivity contribution in [2.75, 3.05) is 18.0 Å². The van der Waals surface area contributed by atoms with Crippen LogP contribution in [0.1, 0.15) is 29.5 Å². The molecular weight excluding hydrogens is 384 g/mol. The molecule has 5 rings (SSSR count). The van der Waals surface area contributed by atoms with Gasteiger partial charge in [0.2, 0.25) is 5.91 Å². The van der Waals surface area contributed by atoms with Crippen LogP contribution < -0.4 is 10.6 Å². The number of benzene rings is 2. The van der Waals surface area contributed by atoms with Crippen LogP contribution in [0.25, 0.3) is 10.2 Å². The number of rotatable bonds is 1. The number of urea groups is 1. The molecule has 3 amide bonds. The van der Waals surface area contributed by atoms with Gasteiger partial charge >= 0.3 is 6.03 Å². The Bertz CT molecular complexity index is 1130. The minimum atomic E-state index is -0.500. The molecule has 2 N–H and O–H groups in total. The number of aromatic nitrogens is 1. The van der Waals surface area contributed by atoms with Gasteiger partial charge in [-0.05, 0) is 42.5 Å². The monoisotopic (exact) mass is 406 g/mol. The Morgan fingerprint density at radius 3 is 2.62 bits per heavy atom. The summed E-state index contributed by atoms with van der Waals surface area (Å²) in [6, 6.07) is 13.9. The molecule has 1 spiro atoms. The maximum absolute atomic E-state index is 13.4. The van der Waals surface area contributed by atoms with E-state index < -0.39 is 11.6 Å². The van der Waals surface area contributed by atoms with Crippen molar-refractivity contribution < 1.29 is 9.59 Å². The predicted molar refractivity (Wildman–Crippen MR) is 114 cm³/mol. The Morgan fingerprint density at radius 2 is 1.90 bits per heavy atom. The van der Waals surface area contributed by atoms with Crippen LogP contribution >= 0.6 is 11.3 Å². The van der Waals surface area contributed by atoms with Crippen LogP contribution in [0.3, 0.4) is 0 Å². The first-order chi connectivity index (χ1) is 14.0. The quantitative estimate of drug-likeness (QED) is 0.671. The molecule has 0 radical (unpaired) electrons. The number of carbonyl (C=O) groups excluding carboxylic acids is 2. The Hall–Kier alpha value is -2.93. The van der Waals surface area contributed by atoms with E-state index in [1.165, 1.54) is 5.56 Å². The number of primary amides is 1. The van der Waals surface area contributed by atoms with Gasteiger partial charge in [-0.3, -0.25) is 9.69 Å². The molecule has 1 fully saturated rings. The zero-order chi connectivity index (χ0) is 20.2. The lowest BCUT2D eigenvalue weighted by molar-refractivity contribution is -0.120. The van der Waals surface area contributed by atoms with E-state index in [9.17, 15) is 9.59 Å². The van der Waals surface area contributed by atoms with Gasteiger partial charge in [0.05, 0.1) is 22.2 Å². The molecule has 148 valence electrons. The van der Waals surface area contributed by atoms with E-state index in [4.69, 9.17) is 10.7 Å². The van der Waals surface area contributed by atoms with Crippen molar-refractivity contribution in [3.63, 3.8) is 0 Å². The molecule has 0 bridgehead atoms. The lowest BCUT2D eigenvalue weighted by Crippen LogP contribution is -2.59. The maximum Gasteiger partial charge on any atom is 0.314 e. The van der Waals surface area contributed by atoms with Gasteiger partial charge in [0, 0.05) is 13.1 Å². The zero-order valence-electron chi connectivity index (χ0n) is 16.2. The fourth-order valence-electron chi connectivity index (χ4n) is 4.78. The van der Waals surface area contributed by atoms with Gasteiger partial charge in [-0.15, -0.1) is 0 Å². The second kappa shape index (κ2) is 6.56. The minimum absolute atomic E-state index is 0.0629. The van der Waals surface area contributed by atoms with Crippen molar-refractivity contribution in [2.45, 2.75) is 31.7 Å². The van der Waals surface area contributed by atoms with Crippen LogP contribution in [0.15, 0.2) is 42.5 Å². The molecule has 0 saturated carbocycles. The van der Waals surface area contributed by atoms with Crippen LogP contribution in [-0.4, -0.2) is 34.9 Å². The molecule has 1 saturated heterocycles. The number of amides is 3. The first-order valence-corrected chi connectivity index (χ1v) is 10.6. The third-order valence-corrected chi connectivity index (χ3v) is 7.25. The summed E-state index contributed by atoms with van der Waals surface area (Å²) in [6.45, 7) is 3.09. The smallest absolute Gasteiger partial charge is 0.314 e. The normalized spacial score (nSPS) is 18.3. The van der Waals surface area contributed by atoms with Crippen molar-refractivity contribution in [3.05, 3.63) is 59.2 Å². The van der Waals surface area contributed by atoms with Crippen molar-refractivity contribution >= 4 is 38.6 Å². The summed E-state index contributed by atoms with van der Waals surface area (Å²) >= 11 is 1.56. The number of carbonyl (C=O) groups is 2. The van der Waals surface area contributed by atoms with E-state index >= 15 is 0 Å². The largest absolute Gasteiger partial charge is 0.351 e. The molecule has 0 atom stereocenters. The van der Waals surface area contributed by atoms with Crippen molar-refractivity contribution in [1.82, 2.24) is 9.88 Å². The topological polar surface area (TPSA) is 79.5 Å². The predicted octanol–water partition coefficient (Wildman–Crippen LogP) is 3.56. The number of anilines is 1. The number of aryl methyl sites for hydroxylation is 1. The molecule has 0 aliphatic carbocycles. The number of hydrogen-bond donors (Lipinski definition) is 1. The van der Waals surface area contributed by atoms with Crippen LogP contribution in [0, 0.1) is 6.92 Å². The van der Waals surface area contributed by atoms with Crippen LogP contribution in [0.4, 0.5) is 9.93 Å². The van der Waals surface area contributed by atoms with Gasteiger partial charge in [-0.25, -0.2) is 9.78 Å². The Balaban J connectivity index is 1.67. The molecular formula is C22H22N4O2S. The van der Waals surface area contributed by atoms with E-state index in [0.717, 1.165) is 26.5 Å². The number of fused-ring (bicyclic) bond motifs is 3. The lowest BCUT2D eigenvalue weighted by Gasteiger charge is -2.50. The summed E-state index contributed by atoms with van der Waals surface area (Å²) in [5, 5.41) is 0.737. The van der Waals surface area contributed by atoms with E-state index in [2.05, 4.69) is 6.07 Å². The highest BCUT2D eigenvalue weighted by atomic mass is 32.1. The Morgan fingerprint density at radius 1 is 1.14 bits per heavy atom. The summed E-state index contributed by atoms with van der Waals surface area (Å²) in [5.74, 6) is 0.0629. The summed E-state index contributed by atoms with van der Waals surface area (Å²) in [4.78, 5) is 33.6. The Labute approximate surface area is 172 Å². The van der Waals surface area contributed by atoms with E-state index in [0.29, 0.717) is 32.4 Å². The third kappa shape index (κ3) is 2.72. The standard InChI is InChI=1S/C22H22N4O2S/c1-14-5-4-8-17-19(14)24-21(29-17)26-18(27)13-15-6-2-3-7-16(15)22(26)9-11-25(12-10-22)20(23)28/h2-8H,9-13H2,1H3,(H2,23,28). The molecule has 3 aromatic rings. The van der Waals surface area contributed by atoms with Gasteiger partial charge in [0.25, 0.3) is 0 Å². The summed E-state index contributed by atoms with van der Waals surface area (Å²) in [6.07, 6.45) is 1.66. The molecule has 29 heavy (non-hydrogen) atoms. The fraction of sp³-hybridized carbons (Fsp3) is 0.318. The van der Waals surface area contributed by atoms with Gasteiger partial charge in [0.1, 0.15) is 0 Å². The fourth-order valence-corrected chi connectivity index (χ4v) is 5.93. The molecule has 2 aliphatic rings. The Kier molecular flexibility index (Phi) is 4.10. The highest BCUT2D eigenvalue weighted by Gasteiger charge is 2.49. The number of para-hydroxylation sites is 1. The molecule has 2 aliphatic heterocycles. The first kappa shape index (κ1) is 18.1. The highest BCUT2D eigenvalue weighted by Crippen LogP contribution is 2.47. The van der Waals surface area contributed by atoms with E-state index in [-0.39, 0.29) is 5.91 Å². The maximum atomic E-state index is 13.4. The van der Waals surface area contributed by atoms with Crippen LogP contribution in [-0.2, 0) is 16.8 Å². The first-order valence-electron chi connectivity index (χ1n) is 9.81. The van der Waals surface area contributed by atoms with Gasteiger partial charge in [-0.1, -0.05) is 47.7 Å². The molecule has 7 heteroatoms. The second-order valence-corrected chi connectivity index (χ2v) is 8.85. The SMILES string of the molecule is Cc1cccc2sc(N3C(=O)Cc4ccccc4C34CCN(C(N)=O)CC4)nc12. The number of likely N-dealkylation sites (tertiary alicyclic amines) is 1. The summed E-state index contributed by atoms with van der Waals surface area (Å²) < 4.78 is 1.08. The minimum Gasteiger partial charge on any atom is -0.351 e. The van der Waals surface area contributed by atoms with E-state index in [1.807, 2.05) is 48.2 Å². The van der Waals surface area contributed by atoms with Gasteiger partial charge < -0.3 is 10.6 Å². The number of piperidine rings is 1. The average molecular weight is 407 g/mol. The molecule has 0 unspecified atom stereocenters. The van der Waals surface area contributed by atoms with Gasteiger partial charge in [0.15, 0.2) is 5.13 Å². The van der Waals surface area contributed by atoms with E-state index in [1.54, 1.807) is 16.2 Å². The number of nitrogens with two attached hydrogens (primary N) is 1. The third-order valence-electron chi connectivity index (χ3n) is 6.24. The zero-order valence-corrected chi connectivity index (χ0v) is 17.0. The second-order valence-electron chi connectivity index (χ2n) is 7.84. The number of thiazole rings is 1. The average Bonchev–Trinajstić information content (AvgIpc) is 3.13. The molecule has 3 heterocycles. The van der Waals surface area contributed by atoms with Crippen molar-refractivity contribution in [1.29, 1.82) is 0 Å². The molecule has 6 nitrogen and oxygen atoms in total. The van der Waals surface area contributed by atoms with Crippen LogP contribution in [0.5, 0.6) is 0 Å². The lowest BCUT2D eigenvalue weighted by atomic mass is 9.74. The van der Waals surface area contributed by atoms with Crippen LogP contribution in [0.2, 0.25) is 0 Å². The molecule has 2 aromatic carbocycles. The number of nitrogens with zero attached hydrogens (tertiary/aromatic N) is 3.